The summed E-state index contributed by atoms with van der Waals surface area (Å²) in [6.07, 6.45) is 2.10. The molecule has 0 saturated carbocycles. The standard InChI is InChI=1S/C17H29N3O2S.HI/c1-7-18-17(19-11-12(2)23-6)20-13(3)15-10-14(21-4)8-9-16(15)22-5;/h8-10,12-13H,7,11H2,1-6H3,(H2,18,19,20);1H. The van der Waals surface area contributed by atoms with Crippen LogP contribution in [0.4, 0.5) is 0 Å². The maximum Gasteiger partial charge on any atom is 0.191 e. The number of hydrogen-bond acceptors (Lipinski definition) is 4. The van der Waals surface area contributed by atoms with Crippen LogP contribution in [0.25, 0.3) is 0 Å². The number of thioether (sulfide) groups is 1. The van der Waals surface area contributed by atoms with Crippen LogP contribution in [0.2, 0.25) is 0 Å². The summed E-state index contributed by atoms with van der Waals surface area (Å²) in [4.78, 5) is 4.65. The largest absolute Gasteiger partial charge is 0.497 e. The highest BCUT2D eigenvalue weighted by atomic mass is 127. The zero-order valence-electron chi connectivity index (χ0n) is 15.4. The Bertz CT molecular complexity index is 515. The third-order valence-corrected chi connectivity index (χ3v) is 4.46. The number of methoxy groups -OCH3 is 2. The first-order chi connectivity index (χ1) is 11.0. The lowest BCUT2D eigenvalue weighted by Gasteiger charge is -2.21. The molecule has 0 saturated heterocycles. The maximum absolute atomic E-state index is 5.46. The van der Waals surface area contributed by atoms with Crippen LogP contribution in [-0.2, 0) is 0 Å². The van der Waals surface area contributed by atoms with Gasteiger partial charge in [0, 0.05) is 17.4 Å². The third kappa shape index (κ3) is 7.38. The van der Waals surface area contributed by atoms with E-state index >= 15 is 0 Å². The van der Waals surface area contributed by atoms with Gasteiger partial charge in [-0.05, 0) is 38.3 Å². The highest BCUT2D eigenvalue weighted by molar-refractivity contribution is 14.0. The van der Waals surface area contributed by atoms with Crippen molar-refractivity contribution in [3.8, 4) is 11.5 Å². The minimum Gasteiger partial charge on any atom is -0.497 e. The molecule has 24 heavy (non-hydrogen) atoms. The average molecular weight is 467 g/mol. The number of ether oxygens (including phenoxy) is 2. The highest BCUT2D eigenvalue weighted by Gasteiger charge is 2.14. The number of halogens is 1. The minimum atomic E-state index is 0. The summed E-state index contributed by atoms with van der Waals surface area (Å²) in [6, 6.07) is 5.85. The molecule has 1 aromatic carbocycles. The van der Waals surface area contributed by atoms with Crippen LogP contribution in [0, 0.1) is 0 Å². The molecule has 138 valence electrons. The monoisotopic (exact) mass is 467 g/mol. The quantitative estimate of drug-likeness (QED) is 0.347. The third-order valence-electron chi connectivity index (χ3n) is 3.51. The van der Waals surface area contributed by atoms with Crippen LogP contribution in [0.3, 0.4) is 0 Å². The van der Waals surface area contributed by atoms with Crippen LogP contribution in [0.5, 0.6) is 11.5 Å². The van der Waals surface area contributed by atoms with Crippen LogP contribution in [0.15, 0.2) is 23.2 Å². The first-order valence-electron chi connectivity index (χ1n) is 7.85. The Kier molecular flexibility index (Phi) is 12.1. The van der Waals surface area contributed by atoms with E-state index in [1.807, 2.05) is 30.0 Å². The summed E-state index contributed by atoms with van der Waals surface area (Å²) in [6.45, 7) is 7.92. The normalized spacial score (nSPS) is 13.5. The number of nitrogens with zero attached hydrogens (tertiary/aromatic N) is 1. The van der Waals surface area contributed by atoms with Crippen molar-refractivity contribution in [1.29, 1.82) is 0 Å². The molecule has 0 aliphatic heterocycles. The summed E-state index contributed by atoms with van der Waals surface area (Å²) < 4.78 is 10.8. The molecule has 0 spiro atoms. The van der Waals surface area contributed by atoms with Gasteiger partial charge in [0.2, 0.25) is 0 Å². The minimum absolute atomic E-state index is 0. The highest BCUT2D eigenvalue weighted by Crippen LogP contribution is 2.29. The average Bonchev–Trinajstić information content (AvgIpc) is 2.58. The van der Waals surface area contributed by atoms with E-state index in [0.29, 0.717) is 5.25 Å². The second-order valence-corrected chi connectivity index (χ2v) is 6.52. The first-order valence-corrected chi connectivity index (χ1v) is 9.14. The molecule has 2 N–H and O–H groups in total. The van der Waals surface area contributed by atoms with Crippen molar-refractivity contribution in [3.05, 3.63) is 23.8 Å². The van der Waals surface area contributed by atoms with Crippen LogP contribution >= 0.6 is 35.7 Å². The molecule has 0 heterocycles. The molecule has 0 aliphatic rings. The Balaban J connectivity index is 0.00000529. The molecule has 0 radical (unpaired) electrons. The lowest BCUT2D eigenvalue weighted by molar-refractivity contribution is 0.394. The molecule has 0 aromatic heterocycles. The Morgan fingerprint density at radius 2 is 1.96 bits per heavy atom. The molecule has 1 rings (SSSR count). The van der Waals surface area contributed by atoms with Crippen LogP contribution in [-0.4, -0.2) is 44.8 Å². The van der Waals surface area contributed by atoms with Crippen molar-refractivity contribution in [3.63, 3.8) is 0 Å². The van der Waals surface area contributed by atoms with Gasteiger partial charge >= 0.3 is 0 Å². The Morgan fingerprint density at radius 1 is 1.25 bits per heavy atom. The maximum atomic E-state index is 5.46. The molecular weight excluding hydrogens is 437 g/mol. The molecule has 7 heteroatoms. The van der Waals surface area contributed by atoms with Gasteiger partial charge < -0.3 is 20.1 Å². The molecular formula is C17H30IN3O2S. The number of aliphatic imine (C=N–C) groups is 1. The van der Waals surface area contributed by atoms with Crippen molar-refractivity contribution < 1.29 is 9.47 Å². The van der Waals surface area contributed by atoms with E-state index in [1.54, 1.807) is 14.2 Å². The molecule has 5 nitrogen and oxygen atoms in total. The lowest BCUT2D eigenvalue weighted by Crippen LogP contribution is -2.39. The summed E-state index contributed by atoms with van der Waals surface area (Å²) in [5.41, 5.74) is 1.04. The molecule has 0 aliphatic carbocycles. The Morgan fingerprint density at radius 3 is 2.50 bits per heavy atom. The number of rotatable bonds is 8. The number of nitrogens with one attached hydrogen (secondary N) is 2. The van der Waals surface area contributed by atoms with Crippen LogP contribution < -0.4 is 20.1 Å². The number of benzene rings is 1. The van der Waals surface area contributed by atoms with Gasteiger partial charge in [0.15, 0.2) is 5.96 Å². The van der Waals surface area contributed by atoms with Gasteiger partial charge in [0.1, 0.15) is 11.5 Å². The van der Waals surface area contributed by atoms with E-state index in [1.165, 1.54) is 0 Å². The molecule has 1 aromatic rings. The molecule has 2 atom stereocenters. The fourth-order valence-electron chi connectivity index (χ4n) is 2.08. The smallest absolute Gasteiger partial charge is 0.191 e. The van der Waals surface area contributed by atoms with E-state index in [9.17, 15) is 0 Å². The summed E-state index contributed by atoms with van der Waals surface area (Å²) >= 11 is 1.81. The fraction of sp³-hybridized carbons (Fsp3) is 0.588. The topological polar surface area (TPSA) is 54.9 Å². The zero-order chi connectivity index (χ0) is 17.2. The van der Waals surface area contributed by atoms with E-state index < -0.39 is 0 Å². The SMILES string of the molecule is CCNC(=NCC(C)SC)NC(C)c1cc(OC)ccc1OC.I. The first kappa shape index (κ1) is 23.2. The van der Waals surface area contributed by atoms with Crippen molar-refractivity contribution in [2.75, 3.05) is 33.6 Å². The molecule has 0 fully saturated rings. The van der Waals surface area contributed by atoms with Gasteiger partial charge in [-0.2, -0.15) is 11.8 Å². The second-order valence-electron chi connectivity index (χ2n) is 5.24. The number of hydrogen-bond donors (Lipinski definition) is 2. The predicted octanol–water partition coefficient (Wildman–Crippen LogP) is 3.69. The fourth-order valence-corrected chi connectivity index (χ4v) is 2.30. The van der Waals surface area contributed by atoms with Crippen molar-refractivity contribution in [2.24, 2.45) is 4.99 Å². The van der Waals surface area contributed by atoms with Crippen molar-refractivity contribution >= 4 is 41.7 Å². The van der Waals surface area contributed by atoms with Gasteiger partial charge in [0.05, 0.1) is 26.8 Å². The van der Waals surface area contributed by atoms with E-state index in [2.05, 4.69) is 42.7 Å². The molecule has 2 unspecified atom stereocenters. The van der Waals surface area contributed by atoms with E-state index in [0.717, 1.165) is 36.1 Å². The van der Waals surface area contributed by atoms with Gasteiger partial charge in [0.25, 0.3) is 0 Å². The van der Waals surface area contributed by atoms with Gasteiger partial charge in [-0.25, -0.2) is 0 Å². The van der Waals surface area contributed by atoms with Gasteiger partial charge in [-0.15, -0.1) is 24.0 Å². The predicted molar refractivity (Wildman–Crippen MR) is 115 cm³/mol. The second kappa shape index (κ2) is 12.5. The van der Waals surface area contributed by atoms with Gasteiger partial charge in [-0.1, -0.05) is 6.92 Å². The number of guanidine groups is 1. The Labute approximate surface area is 167 Å². The van der Waals surface area contributed by atoms with E-state index in [-0.39, 0.29) is 30.0 Å². The van der Waals surface area contributed by atoms with Crippen LogP contribution in [0.1, 0.15) is 32.4 Å². The van der Waals surface area contributed by atoms with Crippen molar-refractivity contribution in [1.82, 2.24) is 10.6 Å². The van der Waals surface area contributed by atoms with Crippen molar-refractivity contribution in [2.45, 2.75) is 32.1 Å². The summed E-state index contributed by atoms with van der Waals surface area (Å²) in [5.74, 6) is 2.46. The van der Waals surface area contributed by atoms with Gasteiger partial charge in [-0.3, -0.25) is 4.99 Å². The summed E-state index contributed by atoms with van der Waals surface area (Å²) in [5, 5.41) is 7.21. The molecule has 0 amide bonds. The Hall–Kier alpha value is -0.830. The van der Waals surface area contributed by atoms with E-state index in [4.69, 9.17) is 9.47 Å². The molecule has 0 bridgehead atoms. The summed E-state index contributed by atoms with van der Waals surface area (Å²) in [7, 11) is 3.34. The lowest BCUT2D eigenvalue weighted by atomic mass is 10.1. The zero-order valence-corrected chi connectivity index (χ0v) is 18.5.